The van der Waals surface area contributed by atoms with Crippen LogP contribution in [-0.4, -0.2) is 17.1 Å². The summed E-state index contributed by atoms with van der Waals surface area (Å²) in [6, 6.07) is 11.9. The maximum absolute atomic E-state index is 5.94. The lowest BCUT2D eigenvalue weighted by atomic mass is 10.1. The van der Waals surface area contributed by atoms with Gasteiger partial charge in [0.2, 0.25) is 0 Å². The molecule has 0 fully saturated rings. The van der Waals surface area contributed by atoms with Crippen molar-refractivity contribution in [3.8, 4) is 0 Å². The molecule has 3 aromatic rings. The molecular weight excluding hydrogens is 308 g/mol. The third-order valence-corrected chi connectivity index (χ3v) is 4.29. The molecule has 23 heavy (non-hydrogen) atoms. The number of nitrogens with one attached hydrogen (secondary N) is 1. The first-order valence-corrected chi connectivity index (χ1v) is 8.10. The van der Waals surface area contributed by atoms with E-state index in [-0.39, 0.29) is 0 Å². The number of fused-ring (bicyclic) bond motifs is 1. The summed E-state index contributed by atoms with van der Waals surface area (Å²) in [6.07, 6.45) is 2.53. The van der Waals surface area contributed by atoms with Gasteiger partial charge in [0.05, 0.1) is 12.8 Å². The van der Waals surface area contributed by atoms with Crippen molar-refractivity contribution >= 4 is 28.3 Å². The summed E-state index contributed by atoms with van der Waals surface area (Å²) >= 11 is 5.47. The normalized spacial score (nSPS) is 10.9. The first-order chi connectivity index (χ1) is 11.2. The SMILES string of the molecule is CCc1oc2ccccc2c1CN(C)C(=S)NCc1ccco1. The van der Waals surface area contributed by atoms with Crippen LogP contribution in [0.1, 0.15) is 24.0 Å². The minimum absolute atomic E-state index is 0.586. The number of aryl methyl sites for hydroxylation is 1. The lowest BCUT2D eigenvalue weighted by Gasteiger charge is -2.20. The Morgan fingerprint density at radius 1 is 1.22 bits per heavy atom. The summed E-state index contributed by atoms with van der Waals surface area (Å²) in [5, 5.41) is 5.06. The van der Waals surface area contributed by atoms with E-state index >= 15 is 0 Å². The molecule has 120 valence electrons. The highest BCUT2D eigenvalue weighted by Crippen LogP contribution is 2.27. The number of benzene rings is 1. The van der Waals surface area contributed by atoms with Crippen LogP contribution in [0.15, 0.2) is 51.5 Å². The number of rotatable bonds is 5. The maximum Gasteiger partial charge on any atom is 0.169 e. The number of furan rings is 2. The lowest BCUT2D eigenvalue weighted by Crippen LogP contribution is -2.36. The molecule has 0 atom stereocenters. The smallest absolute Gasteiger partial charge is 0.169 e. The van der Waals surface area contributed by atoms with E-state index in [0.717, 1.165) is 28.9 Å². The average molecular weight is 328 g/mol. The van der Waals surface area contributed by atoms with Crippen LogP contribution in [0.2, 0.25) is 0 Å². The molecule has 4 nitrogen and oxygen atoms in total. The minimum atomic E-state index is 0.586. The molecule has 0 aliphatic carbocycles. The molecule has 3 rings (SSSR count). The van der Waals surface area contributed by atoms with Gasteiger partial charge in [0, 0.05) is 31.0 Å². The Kier molecular flexibility index (Phi) is 4.67. The van der Waals surface area contributed by atoms with Gasteiger partial charge in [-0.1, -0.05) is 25.1 Å². The van der Waals surface area contributed by atoms with Crippen LogP contribution in [0.5, 0.6) is 0 Å². The van der Waals surface area contributed by atoms with E-state index in [2.05, 4.69) is 18.3 Å². The first kappa shape index (κ1) is 15.6. The topological polar surface area (TPSA) is 41.6 Å². The van der Waals surface area contributed by atoms with Crippen LogP contribution in [0, 0.1) is 0 Å². The van der Waals surface area contributed by atoms with Crippen LogP contribution in [0.3, 0.4) is 0 Å². The molecule has 0 spiro atoms. The molecule has 0 aliphatic heterocycles. The van der Waals surface area contributed by atoms with E-state index in [1.54, 1.807) is 6.26 Å². The molecule has 2 heterocycles. The number of thiocarbonyl (C=S) groups is 1. The standard InChI is InChI=1S/C18H20N2O2S/c1-3-16-15(14-8-4-5-9-17(14)22-16)12-20(2)18(23)19-11-13-7-6-10-21-13/h4-10H,3,11-12H2,1-2H3,(H,19,23). The minimum Gasteiger partial charge on any atom is -0.467 e. The second-order valence-corrected chi connectivity index (χ2v) is 5.83. The quantitative estimate of drug-likeness (QED) is 0.714. The zero-order valence-corrected chi connectivity index (χ0v) is 14.2. The van der Waals surface area contributed by atoms with Crippen molar-refractivity contribution in [3.63, 3.8) is 0 Å². The van der Waals surface area contributed by atoms with Gasteiger partial charge < -0.3 is 19.1 Å². The van der Waals surface area contributed by atoms with Crippen LogP contribution >= 0.6 is 12.2 Å². The highest BCUT2D eigenvalue weighted by molar-refractivity contribution is 7.80. The molecule has 0 bridgehead atoms. The van der Waals surface area contributed by atoms with Crippen LogP contribution < -0.4 is 5.32 Å². The molecule has 0 saturated carbocycles. The maximum atomic E-state index is 5.94. The van der Waals surface area contributed by atoms with Gasteiger partial charge in [-0.15, -0.1) is 0 Å². The Bertz CT molecular complexity index is 793. The fourth-order valence-corrected chi connectivity index (χ4v) is 2.76. The van der Waals surface area contributed by atoms with E-state index < -0.39 is 0 Å². The second kappa shape index (κ2) is 6.87. The average Bonchev–Trinajstić information content (AvgIpc) is 3.20. The number of hydrogen-bond acceptors (Lipinski definition) is 3. The predicted octanol–water partition coefficient (Wildman–Crippen LogP) is 4.09. The highest BCUT2D eigenvalue weighted by Gasteiger charge is 2.15. The molecular formula is C18H20N2O2S. The Hall–Kier alpha value is -2.27. The van der Waals surface area contributed by atoms with Crippen molar-refractivity contribution < 1.29 is 8.83 Å². The van der Waals surface area contributed by atoms with Crippen LogP contribution in [-0.2, 0) is 19.5 Å². The summed E-state index contributed by atoms with van der Waals surface area (Å²) in [6.45, 7) is 3.40. The van der Waals surface area contributed by atoms with Crippen molar-refractivity contribution in [1.29, 1.82) is 0 Å². The zero-order chi connectivity index (χ0) is 16.2. The largest absolute Gasteiger partial charge is 0.467 e. The van der Waals surface area contributed by atoms with Crippen LogP contribution in [0.25, 0.3) is 11.0 Å². The highest BCUT2D eigenvalue weighted by atomic mass is 32.1. The van der Waals surface area contributed by atoms with Gasteiger partial charge in [-0.2, -0.15) is 0 Å². The molecule has 0 saturated heterocycles. The summed E-state index contributed by atoms with van der Waals surface area (Å²) in [4.78, 5) is 2.02. The molecule has 0 radical (unpaired) electrons. The van der Waals surface area contributed by atoms with Gasteiger partial charge in [0.25, 0.3) is 0 Å². The Balaban J connectivity index is 1.71. The summed E-state index contributed by atoms with van der Waals surface area (Å²) in [5.74, 6) is 1.88. The second-order valence-electron chi connectivity index (χ2n) is 5.45. The van der Waals surface area contributed by atoms with Gasteiger partial charge in [0.1, 0.15) is 17.1 Å². The fourth-order valence-electron chi connectivity index (χ4n) is 2.63. The van der Waals surface area contributed by atoms with Crippen molar-refractivity contribution in [1.82, 2.24) is 10.2 Å². The van der Waals surface area contributed by atoms with E-state index in [1.807, 2.05) is 42.3 Å². The van der Waals surface area contributed by atoms with E-state index in [1.165, 1.54) is 5.56 Å². The molecule has 1 aromatic carbocycles. The summed E-state index contributed by atoms with van der Waals surface area (Å²) in [7, 11) is 1.98. The third kappa shape index (κ3) is 3.40. The van der Waals surface area contributed by atoms with Crippen molar-refractivity contribution in [3.05, 3.63) is 59.7 Å². The molecule has 5 heteroatoms. The molecule has 0 unspecified atom stereocenters. The Labute approximate surface area is 141 Å². The van der Waals surface area contributed by atoms with Crippen molar-refractivity contribution in [2.45, 2.75) is 26.4 Å². The zero-order valence-electron chi connectivity index (χ0n) is 13.3. The Morgan fingerprint density at radius 2 is 2.04 bits per heavy atom. The molecule has 2 aromatic heterocycles. The van der Waals surface area contributed by atoms with E-state index in [0.29, 0.717) is 18.2 Å². The van der Waals surface area contributed by atoms with Gasteiger partial charge in [-0.05, 0) is 30.4 Å². The third-order valence-electron chi connectivity index (χ3n) is 3.84. The van der Waals surface area contributed by atoms with E-state index in [4.69, 9.17) is 21.1 Å². The van der Waals surface area contributed by atoms with Gasteiger partial charge >= 0.3 is 0 Å². The number of nitrogens with zero attached hydrogens (tertiary/aromatic N) is 1. The van der Waals surface area contributed by atoms with Crippen LogP contribution in [0.4, 0.5) is 0 Å². The summed E-state index contributed by atoms with van der Waals surface area (Å²) < 4.78 is 11.3. The molecule has 0 aliphatic rings. The first-order valence-electron chi connectivity index (χ1n) is 7.69. The van der Waals surface area contributed by atoms with Crippen molar-refractivity contribution in [2.24, 2.45) is 0 Å². The molecule has 1 N–H and O–H groups in total. The van der Waals surface area contributed by atoms with Crippen molar-refractivity contribution in [2.75, 3.05) is 7.05 Å². The van der Waals surface area contributed by atoms with Gasteiger partial charge in [-0.3, -0.25) is 0 Å². The number of para-hydroxylation sites is 1. The number of hydrogen-bond donors (Lipinski definition) is 1. The predicted molar refractivity (Wildman–Crippen MR) is 95.2 cm³/mol. The lowest BCUT2D eigenvalue weighted by molar-refractivity contribution is 0.460. The Morgan fingerprint density at radius 3 is 2.78 bits per heavy atom. The van der Waals surface area contributed by atoms with Gasteiger partial charge in [0.15, 0.2) is 5.11 Å². The van der Waals surface area contributed by atoms with Gasteiger partial charge in [-0.25, -0.2) is 0 Å². The fraction of sp³-hybridized carbons (Fsp3) is 0.278. The van der Waals surface area contributed by atoms with E-state index in [9.17, 15) is 0 Å². The monoisotopic (exact) mass is 328 g/mol. The summed E-state index contributed by atoms with van der Waals surface area (Å²) in [5.41, 5.74) is 2.13. The molecule has 0 amide bonds.